The highest BCUT2D eigenvalue weighted by Gasteiger charge is 2.40. The second kappa shape index (κ2) is 6.00. The van der Waals surface area contributed by atoms with Crippen molar-refractivity contribution in [3.8, 4) is 0 Å². The fourth-order valence-corrected chi connectivity index (χ4v) is 3.39. The molecule has 0 aromatic heterocycles. The normalized spacial score (nSPS) is 26.4. The van der Waals surface area contributed by atoms with Gasteiger partial charge in [0.2, 0.25) is 0 Å². The van der Waals surface area contributed by atoms with E-state index in [1.54, 1.807) is 10.3 Å². The molecule has 1 amide bonds. The molecule has 0 aliphatic carbocycles. The van der Waals surface area contributed by atoms with Crippen LogP contribution in [0.2, 0.25) is 0 Å². The van der Waals surface area contributed by atoms with Crippen molar-refractivity contribution in [3.63, 3.8) is 0 Å². The molecule has 0 radical (unpaired) electrons. The molecule has 1 atom stereocenters. The Morgan fingerprint density at radius 3 is 2.36 bits per heavy atom. The number of ether oxygens (including phenoxy) is 1. The molecule has 0 bridgehead atoms. The average Bonchev–Trinajstić information content (AvgIpc) is 2.81. The Kier molecular flexibility index (Phi) is 4.62. The smallest absolute Gasteiger partial charge is 0.410 e. The van der Waals surface area contributed by atoms with Gasteiger partial charge in [0.05, 0.1) is 0 Å². The summed E-state index contributed by atoms with van der Waals surface area (Å²) in [6.45, 7) is 9.95. The van der Waals surface area contributed by atoms with Crippen LogP contribution in [-0.4, -0.2) is 63.7 Å². The highest BCUT2D eigenvalue weighted by molar-refractivity contribution is 8.03. The van der Waals surface area contributed by atoms with Gasteiger partial charge in [0.25, 0.3) is 0 Å². The third kappa shape index (κ3) is 3.86. The summed E-state index contributed by atoms with van der Waals surface area (Å²) in [6.07, 6.45) is -0.298. The molecular formula is C14H23N3O4S. The first-order chi connectivity index (χ1) is 10.1. The molecule has 2 aliphatic rings. The Hall–Kier alpha value is -1.41. The van der Waals surface area contributed by atoms with Crippen LogP contribution in [0.5, 0.6) is 0 Å². The summed E-state index contributed by atoms with van der Waals surface area (Å²) in [5, 5.41) is 13.7. The van der Waals surface area contributed by atoms with Crippen molar-refractivity contribution in [2.75, 3.05) is 26.2 Å². The van der Waals surface area contributed by atoms with Crippen molar-refractivity contribution in [1.82, 2.24) is 15.1 Å². The summed E-state index contributed by atoms with van der Waals surface area (Å²) in [5.41, 5.74) is -0.286. The average molecular weight is 329 g/mol. The maximum Gasteiger partial charge on any atom is 0.410 e. The molecule has 124 valence electrons. The van der Waals surface area contributed by atoms with Gasteiger partial charge >= 0.3 is 12.1 Å². The summed E-state index contributed by atoms with van der Waals surface area (Å²) in [5.74, 6) is -0.955. The zero-order valence-electron chi connectivity index (χ0n) is 13.4. The van der Waals surface area contributed by atoms with Gasteiger partial charge < -0.3 is 20.1 Å². The van der Waals surface area contributed by atoms with Gasteiger partial charge in [-0.1, -0.05) is 11.8 Å². The van der Waals surface area contributed by atoms with Gasteiger partial charge in [0, 0.05) is 31.6 Å². The van der Waals surface area contributed by atoms with Crippen LogP contribution in [0.1, 0.15) is 27.7 Å². The van der Waals surface area contributed by atoms with E-state index in [9.17, 15) is 9.59 Å². The van der Waals surface area contributed by atoms with E-state index in [0.717, 1.165) is 0 Å². The van der Waals surface area contributed by atoms with Crippen LogP contribution in [0.15, 0.2) is 11.1 Å². The molecular weight excluding hydrogens is 306 g/mol. The molecule has 7 nitrogen and oxygen atoms in total. The van der Waals surface area contributed by atoms with Crippen LogP contribution < -0.4 is 5.32 Å². The highest BCUT2D eigenvalue weighted by atomic mass is 32.2. The Morgan fingerprint density at radius 1 is 1.32 bits per heavy atom. The van der Waals surface area contributed by atoms with E-state index in [4.69, 9.17) is 9.84 Å². The van der Waals surface area contributed by atoms with Crippen LogP contribution in [0.3, 0.4) is 0 Å². The fraction of sp³-hybridized carbons (Fsp3) is 0.714. The Balaban J connectivity index is 1.88. The number of thioether (sulfide) groups is 1. The molecule has 0 spiro atoms. The fourth-order valence-electron chi connectivity index (χ4n) is 2.38. The number of carboxylic acid groups (broad SMARTS) is 1. The predicted octanol–water partition coefficient (Wildman–Crippen LogP) is 1.48. The van der Waals surface area contributed by atoms with Crippen molar-refractivity contribution in [2.24, 2.45) is 0 Å². The number of nitrogens with zero attached hydrogens (tertiary/aromatic N) is 2. The number of nitrogens with one attached hydrogen (secondary N) is 1. The first kappa shape index (κ1) is 17.0. The molecule has 2 aliphatic heterocycles. The van der Waals surface area contributed by atoms with Crippen molar-refractivity contribution in [2.45, 2.75) is 38.3 Å². The number of carbonyl (C=O) groups is 2. The predicted molar refractivity (Wildman–Crippen MR) is 84.2 cm³/mol. The first-order valence-electron chi connectivity index (χ1n) is 7.23. The summed E-state index contributed by atoms with van der Waals surface area (Å²) < 4.78 is 5.37. The second-order valence-corrected chi connectivity index (χ2v) is 7.78. The van der Waals surface area contributed by atoms with Gasteiger partial charge in [0.1, 0.15) is 16.3 Å². The minimum absolute atomic E-state index is 0.210. The Bertz CT molecular complexity index is 495. The molecule has 2 heterocycles. The lowest BCUT2D eigenvalue weighted by atomic mass is 10.2. The first-order valence-corrected chi connectivity index (χ1v) is 8.11. The number of carbonyl (C=O) groups excluding carboxylic acids is 1. The lowest BCUT2D eigenvalue weighted by molar-refractivity contribution is -0.133. The zero-order valence-corrected chi connectivity index (χ0v) is 14.2. The number of aliphatic carboxylic acids is 1. The number of rotatable bonds is 2. The molecule has 1 fully saturated rings. The van der Waals surface area contributed by atoms with E-state index in [1.165, 1.54) is 11.8 Å². The van der Waals surface area contributed by atoms with Gasteiger partial charge in [-0.25, -0.2) is 9.59 Å². The number of amides is 1. The lowest BCUT2D eigenvalue weighted by Gasteiger charge is -2.43. The summed E-state index contributed by atoms with van der Waals surface area (Å²) in [4.78, 5) is 26.4. The summed E-state index contributed by atoms with van der Waals surface area (Å²) >= 11 is 1.44. The molecule has 0 saturated carbocycles. The Morgan fingerprint density at radius 2 is 1.91 bits per heavy atom. The largest absolute Gasteiger partial charge is 0.477 e. The second-order valence-electron chi connectivity index (χ2n) is 6.52. The van der Waals surface area contributed by atoms with E-state index in [1.807, 2.05) is 27.7 Å². The quantitative estimate of drug-likeness (QED) is 0.794. The van der Waals surface area contributed by atoms with Crippen LogP contribution >= 0.6 is 11.8 Å². The summed E-state index contributed by atoms with van der Waals surface area (Å²) in [7, 11) is 0. The molecule has 1 saturated heterocycles. The number of hydrogen-bond donors (Lipinski definition) is 2. The summed E-state index contributed by atoms with van der Waals surface area (Å²) in [6, 6.07) is 0. The van der Waals surface area contributed by atoms with Crippen LogP contribution in [-0.2, 0) is 9.53 Å². The lowest BCUT2D eigenvalue weighted by Crippen LogP contribution is -2.60. The molecule has 8 heteroatoms. The minimum Gasteiger partial charge on any atom is -0.477 e. The van der Waals surface area contributed by atoms with Gasteiger partial charge in [-0.3, -0.25) is 4.90 Å². The third-order valence-corrected chi connectivity index (χ3v) is 4.71. The van der Waals surface area contributed by atoms with Crippen molar-refractivity contribution in [3.05, 3.63) is 11.1 Å². The van der Waals surface area contributed by atoms with Crippen LogP contribution in [0, 0.1) is 0 Å². The molecule has 22 heavy (non-hydrogen) atoms. The topological polar surface area (TPSA) is 82.1 Å². The van der Waals surface area contributed by atoms with E-state index in [2.05, 4.69) is 10.2 Å². The monoisotopic (exact) mass is 329 g/mol. The SMILES string of the molecule is CC(C)(C)OC(=O)N1CCN(C2(C)NC(C(=O)O)=CS2)CC1. The van der Waals surface area contributed by atoms with Crippen LogP contribution in [0.4, 0.5) is 4.79 Å². The number of piperazine rings is 1. The maximum atomic E-state index is 12.0. The Labute approximate surface area is 134 Å². The van der Waals surface area contributed by atoms with E-state index in [0.29, 0.717) is 26.2 Å². The molecule has 2 N–H and O–H groups in total. The molecule has 2 rings (SSSR count). The van der Waals surface area contributed by atoms with Gasteiger partial charge in [-0.2, -0.15) is 0 Å². The van der Waals surface area contributed by atoms with Crippen LogP contribution in [0.25, 0.3) is 0 Å². The van der Waals surface area contributed by atoms with Gasteiger partial charge in [-0.15, -0.1) is 0 Å². The van der Waals surface area contributed by atoms with Crippen molar-refractivity contribution in [1.29, 1.82) is 0 Å². The van der Waals surface area contributed by atoms with E-state index < -0.39 is 16.6 Å². The number of carboxylic acids is 1. The highest BCUT2D eigenvalue weighted by Crippen LogP contribution is 2.35. The molecule has 0 aromatic rings. The van der Waals surface area contributed by atoms with Gasteiger partial charge in [-0.05, 0) is 27.7 Å². The van der Waals surface area contributed by atoms with E-state index >= 15 is 0 Å². The molecule has 1 unspecified atom stereocenters. The van der Waals surface area contributed by atoms with E-state index in [-0.39, 0.29) is 11.8 Å². The van der Waals surface area contributed by atoms with Gasteiger partial charge in [0.15, 0.2) is 0 Å². The van der Waals surface area contributed by atoms with Crippen molar-refractivity contribution < 1.29 is 19.4 Å². The minimum atomic E-state index is -0.955. The maximum absolute atomic E-state index is 12.0. The third-order valence-electron chi connectivity index (χ3n) is 3.54. The number of hydrogen-bond acceptors (Lipinski definition) is 6. The zero-order chi connectivity index (χ0) is 16.5. The molecule has 0 aromatic carbocycles. The van der Waals surface area contributed by atoms with Crippen molar-refractivity contribution >= 4 is 23.8 Å². The standard InChI is InChI=1S/C14H23N3O4S/c1-13(2,3)21-12(20)16-5-7-17(8-6-16)14(4)15-10(9-22-14)11(18)19/h9,15H,5-8H2,1-4H3,(H,18,19).